The first-order valence-corrected chi connectivity index (χ1v) is 5.72. The average Bonchev–Trinajstić information content (AvgIpc) is 2.66. The first-order valence-electron chi connectivity index (χ1n) is 5.72. The van der Waals surface area contributed by atoms with Crippen LogP contribution in [0.2, 0.25) is 0 Å². The minimum Gasteiger partial charge on any atom is -0.388 e. The molecule has 16 heavy (non-hydrogen) atoms. The third-order valence-electron chi connectivity index (χ3n) is 3.06. The summed E-state index contributed by atoms with van der Waals surface area (Å²) in [6, 6.07) is 8.24. The third kappa shape index (κ3) is 2.82. The summed E-state index contributed by atoms with van der Waals surface area (Å²) in [5.74, 6) is 0. The first kappa shape index (κ1) is 11.6. The van der Waals surface area contributed by atoms with Crippen LogP contribution < -0.4 is 5.32 Å². The minimum absolute atomic E-state index is 0.564. The Morgan fingerprint density at radius 1 is 1.44 bits per heavy atom. The summed E-state index contributed by atoms with van der Waals surface area (Å²) in [5, 5.41) is 13.5. The Kier molecular flexibility index (Phi) is 3.59. The van der Waals surface area contributed by atoms with Crippen molar-refractivity contribution >= 4 is 0 Å². The molecule has 0 radical (unpaired) electrons. The molecular formula is C13H19NO2. The van der Waals surface area contributed by atoms with Crippen LogP contribution in [0.5, 0.6) is 0 Å². The van der Waals surface area contributed by atoms with Gasteiger partial charge in [0.15, 0.2) is 0 Å². The van der Waals surface area contributed by atoms with Crippen molar-refractivity contribution in [1.29, 1.82) is 0 Å². The third-order valence-corrected chi connectivity index (χ3v) is 3.06. The highest BCUT2D eigenvalue weighted by molar-refractivity contribution is 5.24. The summed E-state index contributed by atoms with van der Waals surface area (Å²) >= 11 is 0. The average molecular weight is 221 g/mol. The van der Waals surface area contributed by atoms with Gasteiger partial charge in [-0.05, 0) is 24.1 Å². The number of hydrogen-bond acceptors (Lipinski definition) is 3. The molecule has 0 saturated carbocycles. The van der Waals surface area contributed by atoms with Crippen molar-refractivity contribution in [1.82, 2.24) is 5.32 Å². The van der Waals surface area contributed by atoms with Crippen molar-refractivity contribution in [2.24, 2.45) is 0 Å². The molecule has 2 N–H and O–H groups in total. The zero-order valence-corrected chi connectivity index (χ0v) is 9.70. The van der Waals surface area contributed by atoms with Crippen LogP contribution >= 0.6 is 0 Å². The van der Waals surface area contributed by atoms with Gasteiger partial charge in [0.05, 0.1) is 12.2 Å². The van der Waals surface area contributed by atoms with Gasteiger partial charge in [-0.3, -0.25) is 0 Å². The van der Waals surface area contributed by atoms with E-state index in [1.165, 1.54) is 5.56 Å². The number of rotatable bonds is 4. The van der Waals surface area contributed by atoms with Crippen LogP contribution in [0, 0.1) is 0 Å². The van der Waals surface area contributed by atoms with Crippen LogP contribution in [0.15, 0.2) is 24.3 Å². The van der Waals surface area contributed by atoms with E-state index in [1.54, 1.807) is 7.11 Å². The SMILES string of the molecule is COCc1cccc(CC2(O)CCNC2)c1. The van der Waals surface area contributed by atoms with Crippen LogP contribution in [0.25, 0.3) is 0 Å². The monoisotopic (exact) mass is 221 g/mol. The van der Waals surface area contributed by atoms with Gasteiger partial charge in [0, 0.05) is 20.1 Å². The first-order chi connectivity index (χ1) is 7.72. The topological polar surface area (TPSA) is 41.5 Å². The van der Waals surface area contributed by atoms with Gasteiger partial charge in [-0.1, -0.05) is 24.3 Å². The molecule has 3 heteroatoms. The lowest BCUT2D eigenvalue weighted by Crippen LogP contribution is -2.33. The molecule has 1 aromatic rings. The second-order valence-electron chi connectivity index (χ2n) is 4.58. The van der Waals surface area contributed by atoms with Gasteiger partial charge in [0.1, 0.15) is 0 Å². The number of aliphatic hydroxyl groups is 1. The number of benzene rings is 1. The zero-order chi connectivity index (χ0) is 11.4. The molecule has 0 aliphatic carbocycles. The van der Waals surface area contributed by atoms with E-state index < -0.39 is 5.60 Å². The fourth-order valence-electron chi connectivity index (χ4n) is 2.26. The van der Waals surface area contributed by atoms with Crippen LogP contribution in [0.4, 0.5) is 0 Å². The highest BCUT2D eigenvalue weighted by atomic mass is 16.5. The molecule has 1 heterocycles. The fourth-order valence-corrected chi connectivity index (χ4v) is 2.26. The Balaban J connectivity index is 2.05. The molecule has 3 nitrogen and oxygen atoms in total. The van der Waals surface area contributed by atoms with Crippen molar-refractivity contribution in [2.45, 2.75) is 25.0 Å². The Bertz CT molecular complexity index is 346. The van der Waals surface area contributed by atoms with E-state index in [-0.39, 0.29) is 0 Å². The van der Waals surface area contributed by atoms with Crippen LogP contribution in [-0.4, -0.2) is 30.9 Å². The van der Waals surface area contributed by atoms with Crippen LogP contribution in [0.3, 0.4) is 0 Å². The van der Waals surface area contributed by atoms with Crippen molar-refractivity contribution in [3.05, 3.63) is 35.4 Å². The van der Waals surface area contributed by atoms with E-state index in [1.807, 2.05) is 12.1 Å². The highest BCUT2D eigenvalue weighted by Crippen LogP contribution is 2.21. The van der Waals surface area contributed by atoms with E-state index in [9.17, 15) is 5.11 Å². The largest absolute Gasteiger partial charge is 0.388 e. The van der Waals surface area contributed by atoms with Gasteiger partial charge >= 0.3 is 0 Å². The zero-order valence-electron chi connectivity index (χ0n) is 9.70. The molecule has 1 aromatic carbocycles. The van der Waals surface area contributed by atoms with Crippen LogP contribution in [0.1, 0.15) is 17.5 Å². The van der Waals surface area contributed by atoms with Gasteiger partial charge in [-0.25, -0.2) is 0 Å². The summed E-state index contributed by atoms with van der Waals surface area (Å²) in [4.78, 5) is 0. The second kappa shape index (κ2) is 4.95. The van der Waals surface area contributed by atoms with E-state index in [4.69, 9.17) is 4.74 Å². The van der Waals surface area contributed by atoms with Gasteiger partial charge in [0.2, 0.25) is 0 Å². The van der Waals surface area contributed by atoms with Gasteiger partial charge in [-0.15, -0.1) is 0 Å². The quantitative estimate of drug-likeness (QED) is 0.800. The molecule has 2 rings (SSSR count). The number of hydrogen-bond donors (Lipinski definition) is 2. The Morgan fingerprint density at radius 3 is 2.94 bits per heavy atom. The summed E-state index contributed by atoms with van der Waals surface area (Å²) in [6.45, 7) is 2.24. The van der Waals surface area contributed by atoms with E-state index >= 15 is 0 Å². The molecule has 1 aliphatic heterocycles. The van der Waals surface area contributed by atoms with E-state index in [0.29, 0.717) is 13.2 Å². The molecule has 0 amide bonds. The number of nitrogens with one attached hydrogen (secondary N) is 1. The normalized spacial score (nSPS) is 24.9. The van der Waals surface area contributed by atoms with Gasteiger partial charge in [0.25, 0.3) is 0 Å². The Labute approximate surface area is 96.4 Å². The maximum absolute atomic E-state index is 10.3. The maximum Gasteiger partial charge on any atom is 0.0823 e. The van der Waals surface area contributed by atoms with Crippen molar-refractivity contribution in [3.63, 3.8) is 0 Å². The van der Waals surface area contributed by atoms with Crippen molar-refractivity contribution < 1.29 is 9.84 Å². The number of β-amino-alcohol motifs (C(OH)–C–C–N with tert-alkyl or cyclic N) is 1. The molecule has 88 valence electrons. The van der Waals surface area contributed by atoms with Gasteiger partial charge in [-0.2, -0.15) is 0 Å². The summed E-state index contributed by atoms with van der Waals surface area (Å²) in [7, 11) is 1.70. The second-order valence-corrected chi connectivity index (χ2v) is 4.58. The molecule has 0 bridgehead atoms. The van der Waals surface area contributed by atoms with Crippen molar-refractivity contribution in [3.8, 4) is 0 Å². The smallest absolute Gasteiger partial charge is 0.0823 e. The standard InChI is InChI=1S/C13H19NO2/c1-16-9-12-4-2-3-11(7-12)8-13(15)5-6-14-10-13/h2-4,7,14-15H,5-6,8-10H2,1H3. The predicted octanol–water partition coefficient (Wildman–Crippen LogP) is 1.10. The molecule has 0 aromatic heterocycles. The number of ether oxygens (including phenoxy) is 1. The molecular weight excluding hydrogens is 202 g/mol. The lowest BCUT2D eigenvalue weighted by Gasteiger charge is -2.21. The number of methoxy groups -OCH3 is 1. The molecule has 1 atom stereocenters. The van der Waals surface area contributed by atoms with E-state index in [0.717, 1.165) is 24.9 Å². The molecule has 1 saturated heterocycles. The Morgan fingerprint density at radius 2 is 2.25 bits per heavy atom. The Hall–Kier alpha value is -0.900. The molecule has 0 spiro atoms. The molecule has 1 aliphatic rings. The molecule has 1 fully saturated rings. The van der Waals surface area contributed by atoms with Crippen LogP contribution in [-0.2, 0) is 17.8 Å². The summed E-state index contributed by atoms with van der Waals surface area (Å²) < 4.78 is 5.10. The highest BCUT2D eigenvalue weighted by Gasteiger charge is 2.30. The molecule has 1 unspecified atom stereocenters. The lowest BCUT2D eigenvalue weighted by molar-refractivity contribution is 0.0618. The predicted molar refractivity (Wildman–Crippen MR) is 63.3 cm³/mol. The summed E-state index contributed by atoms with van der Waals surface area (Å²) in [6.07, 6.45) is 1.55. The van der Waals surface area contributed by atoms with Gasteiger partial charge < -0.3 is 15.2 Å². The lowest BCUT2D eigenvalue weighted by atomic mass is 9.93. The summed E-state index contributed by atoms with van der Waals surface area (Å²) in [5.41, 5.74) is 1.78. The minimum atomic E-state index is -0.564. The van der Waals surface area contributed by atoms with E-state index in [2.05, 4.69) is 17.4 Å². The maximum atomic E-state index is 10.3. The fraction of sp³-hybridized carbons (Fsp3) is 0.538. The van der Waals surface area contributed by atoms with Crippen molar-refractivity contribution in [2.75, 3.05) is 20.2 Å².